The molecular formula is C33H28N16. The summed E-state index contributed by atoms with van der Waals surface area (Å²) in [5, 5.41) is 25.9. The van der Waals surface area contributed by atoms with Gasteiger partial charge in [0.2, 0.25) is 0 Å². The molecule has 2 atom stereocenters. The van der Waals surface area contributed by atoms with E-state index in [-0.39, 0.29) is 0 Å². The number of nitrogens with zero attached hydrogens (tertiary/aromatic N) is 13. The molecule has 16 nitrogen and oxygen atoms in total. The second kappa shape index (κ2) is 10.6. The summed E-state index contributed by atoms with van der Waals surface area (Å²) < 4.78 is 0. The molecule has 16 heteroatoms. The van der Waals surface area contributed by atoms with Crippen molar-refractivity contribution in [1.82, 2.24) is 75.4 Å². The molecule has 0 amide bonds. The zero-order valence-corrected chi connectivity index (χ0v) is 26.0. The zero-order valence-electron chi connectivity index (χ0n) is 26.0. The number of nitrogens with one attached hydrogen (secondary N) is 3. The summed E-state index contributed by atoms with van der Waals surface area (Å²) in [4.78, 5) is 41.2. The molecule has 240 valence electrons. The minimum Gasteiger partial charge on any atom is -0.363 e. The summed E-state index contributed by atoms with van der Waals surface area (Å²) in [5.74, 6) is 1.69. The number of imidazole rings is 1. The van der Waals surface area contributed by atoms with Crippen molar-refractivity contribution in [2.45, 2.75) is 23.8 Å². The van der Waals surface area contributed by atoms with Crippen LogP contribution in [0, 0.1) is 0 Å². The highest BCUT2D eigenvalue weighted by Gasteiger charge is 2.73. The lowest BCUT2D eigenvalue weighted by Gasteiger charge is -2.48. The Morgan fingerprint density at radius 3 is 2.51 bits per heavy atom. The number of hydrazine groups is 2. The van der Waals surface area contributed by atoms with E-state index in [0.29, 0.717) is 46.2 Å². The highest BCUT2D eigenvalue weighted by molar-refractivity contribution is 5.86. The zero-order chi connectivity index (χ0) is 32.4. The SMILES string of the molecule is c1c[nH]c(C2(c3ncc4[nH]cnc4n3)N(N3CCCC3)N(c3ccn[nH]3)CC2(c2ncc3nccnc3n2)c2nncc3ccccc23)c1. The van der Waals surface area contributed by atoms with Crippen LogP contribution in [0.3, 0.4) is 0 Å². The van der Waals surface area contributed by atoms with Gasteiger partial charge in [-0.2, -0.15) is 15.3 Å². The van der Waals surface area contributed by atoms with Crippen LogP contribution in [-0.4, -0.2) is 95.0 Å². The summed E-state index contributed by atoms with van der Waals surface area (Å²) in [6, 6.07) is 14.1. The van der Waals surface area contributed by atoms with Crippen molar-refractivity contribution in [3.8, 4) is 0 Å². The Kier molecular flexibility index (Phi) is 6.03. The van der Waals surface area contributed by atoms with Gasteiger partial charge in [-0.05, 0) is 25.0 Å². The number of aromatic amines is 3. The minimum atomic E-state index is -1.30. The maximum Gasteiger partial charge on any atom is 0.181 e. The van der Waals surface area contributed by atoms with Crippen molar-refractivity contribution in [2.75, 3.05) is 24.6 Å². The highest BCUT2D eigenvalue weighted by Crippen LogP contribution is 2.59. The van der Waals surface area contributed by atoms with Crippen LogP contribution in [-0.2, 0) is 11.0 Å². The lowest BCUT2D eigenvalue weighted by atomic mass is 9.64. The molecule has 10 rings (SSSR count). The van der Waals surface area contributed by atoms with Crippen LogP contribution < -0.4 is 5.01 Å². The van der Waals surface area contributed by atoms with Gasteiger partial charge in [0.25, 0.3) is 0 Å². The number of benzene rings is 1. The Morgan fingerprint density at radius 2 is 1.63 bits per heavy atom. The maximum absolute atomic E-state index is 5.25. The van der Waals surface area contributed by atoms with E-state index >= 15 is 0 Å². The van der Waals surface area contributed by atoms with Crippen molar-refractivity contribution < 1.29 is 0 Å². The molecule has 3 N–H and O–H groups in total. The number of fused-ring (bicyclic) bond motifs is 3. The quantitative estimate of drug-likeness (QED) is 0.239. The van der Waals surface area contributed by atoms with Crippen molar-refractivity contribution in [1.29, 1.82) is 0 Å². The highest BCUT2D eigenvalue weighted by atomic mass is 15.9. The molecule has 2 fully saturated rings. The molecule has 9 heterocycles. The van der Waals surface area contributed by atoms with Gasteiger partial charge in [-0.3, -0.25) is 10.1 Å². The van der Waals surface area contributed by atoms with Crippen LogP contribution in [0.15, 0.2) is 92.2 Å². The molecule has 2 saturated heterocycles. The van der Waals surface area contributed by atoms with Gasteiger partial charge < -0.3 is 9.97 Å². The molecule has 2 unspecified atom stereocenters. The monoisotopic (exact) mass is 648 g/mol. The van der Waals surface area contributed by atoms with Gasteiger partial charge in [0.1, 0.15) is 28.1 Å². The van der Waals surface area contributed by atoms with E-state index in [0.717, 1.165) is 48.2 Å². The average molecular weight is 649 g/mol. The van der Waals surface area contributed by atoms with Crippen LogP contribution in [0.2, 0.25) is 0 Å². The number of aromatic nitrogens is 13. The summed E-state index contributed by atoms with van der Waals surface area (Å²) in [6.07, 6.45) is 15.9. The Morgan fingerprint density at radius 1 is 0.755 bits per heavy atom. The number of hydrogen-bond donors (Lipinski definition) is 3. The molecule has 7 aromatic heterocycles. The van der Waals surface area contributed by atoms with Gasteiger partial charge in [-0.25, -0.2) is 39.9 Å². The van der Waals surface area contributed by atoms with Crippen LogP contribution >= 0.6 is 0 Å². The van der Waals surface area contributed by atoms with Gasteiger partial charge in [-0.15, -0.1) is 5.12 Å². The number of hydrogen-bond acceptors (Lipinski definition) is 13. The molecule has 2 aliphatic rings. The van der Waals surface area contributed by atoms with E-state index in [1.54, 1.807) is 43.5 Å². The first kappa shape index (κ1) is 27.8. The first-order valence-corrected chi connectivity index (χ1v) is 16.0. The lowest BCUT2D eigenvalue weighted by molar-refractivity contribution is -0.0840. The van der Waals surface area contributed by atoms with Crippen LogP contribution in [0.5, 0.6) is 0 Å². The van der Waals surface area contributed by atoms with Gasteiger partial charge in [-0.1, -0.05) is 24.3 Å². The number of anilines is 1. The number of H-pyrrole nitrogens is 3. The van der Waals surface area contributed by atoms with E-state index in [4.69, 9.17) is 25.0 Å². The first-order valence-electron chi connectivity index (χ1n) is 16.0. The Labute approximate surface area is 277 Å². The predicted molar refractivity (Wildman–Crippen MR) is 177 cm³/mol. The Bertz CT molecular complexity index is 2430. The third-order valence-electron chi connectivity index (χ3n) is 9.72. The van der Waals surface area contributed by atoms with Crippen molar-refractivity contribution in [3.05, 3.63) is 115 Å². The van der Waals surface area contributed by atoms with E-state index in [2.05, 4.69) is 67.5 Å². The van der Waals surface area contributed by atoms with Crippen LogP contribution in [0.25, 0.3) is 33.1 Å². The van der Waals surface area contributed by atoms with Crippen LogP contribution in [0.4, 0.5) is 5.82 Å². The Hall–Kier alpha value is -6.26. The molecule has 49 heavy (non-hydrogen) atoms. The average Bonchev–Trinajstić information content (AvgIpc) is 4.00. The van der Waals surface area contributed by atoms with Gasteiger partial charge in [0.05, 0.1) is 43.4 Å². The fraction of sp³-hybridized carbons (Fsp3) is 0.212. The Balaban J connectivity index is 1.43. The minimum absolute atomic E-state index is 0.293. The molecule has 8 aromatic rings. The first-order chi connectivity index (χ1) is 24.3. The third-order valence-corrected chi connectivity index (χ3v) is 9.72. The van der Waals surface area contributed by atoms with Gasteiger partial charge in [0, 0.05) is 54.2 Å². The third kappa shape index (κ3) is 3.86. The molecule has 1 aromatic carbocycles. The fourth-order valence-electron chi connectivity index (χ4n) is 7.70. The molecular weight excluding hydrogens is 620 g/mol. The van der Waals surface area contributed by atoms with Crippen molar-refractivity contribution >= 4 is 38.9 Å². The van der Waals surface area contributed by atoms with Gasteiger partial charge >= 0.3 is 0 Å². The largest absolute Gasteiger partial charge is 0.363 e. The molecule has 0 radical (unpaired) electrons. The van der Waals surface area contributed by atoms with E-state index in [1.807, 2.05) is 36.5 Å². The van der Waals surface area contributed by atoms with Crippen LogP contribution in [0.1, 0.15) is 35.9 Å². The summed E-state index contributed by atoms with van der Waals surface area (Å²) in [5.41, 5.74) is 1.17. The maximum atomic E-state index is 5.25. The summed E-state index contributed by atoms with van der Waals surface area (Å²) >= 11 is 0. The standard InChI is InChI=1S/C33H28N16/c1-2-7-22-21(6-1)16-42-46-27(22)32(30-37-17-23-28(43-30)36-13-12-34-23)19-48(26-9-11-41-45-26)49(47-14-3-4-15-47)33(32,25-8-5-10-35-25)31-38-18-24-29(44-31)40-20-39-24/h1-2,5-13,16-18,20,35H,3-4,14-15,19H2,(H,41,45)(H,38,39,40,44). The molecule has 0 saturated carbocycles. The molecule has 0 bridgehead atoms. The molecule has 2 aliphatic heterocycles. The molecule has 0 spiro atoms. The second-order valence-corrected chi connectivity index (χ2v) is 12.2. The summed E-state index contributed by atoms with van der Waals surface area (Å²) in [6.45, 7) is 1.87. The molecule has 0 aliphatic carbocycles. The lowest BCUT2D eigenvalue weighted by Crippen LogP contribution is -2.63. The summed E-state index contributed by atoms with van der Waals surface area (Å²) in [7, 11) is 0. The van der Waals surface area contributed by atoms with Crippen molar-refractivity contribution in [3.63, 3.8) is 0 Å². The fourth-order valence-corrected chi connectivity index (χ4v) is 7.70. The van der Waals surface area contributed by atoms with Gasteiger partial charge in [0.15, 0.2) is 22.7 Å². The van der Waals surface area contributed by atoms with Crippen molar-refractivity contribution in [2.24, 2.45) is 0 Å². The smallest absolute Gasteiger partial charge is 0.181 e. The van der Waals surface area contributed by atoms with E-state index in [1.165, 1.54) is 0 Å². The normalized spacial score (nSPS) is 21.8. The topological polar surface area (TPSA) is 186 Å². The van der Waals surface area contributed by atoms with E-state index in [9.17, 15) is 0 Å². The van der Waals surface area contributed by atoms with E-state index < -0.39 is 11.0 Å². The predicted octanol–water partition coefficient (Wildman–Crippen LogP) is 3.06. The number of rotatable bonds is 6. The second-order valence-electron chi connectivity index (χ2n) is 12.2.